The monoisotopic (exact) mass is 413 g/mol. The van der Waals surface area contributed by atoms with Crippen molar-refractivity contribution in [3.63, 3.8) is 0 Å². The first-order valence-corrected chi connectivity index (χ1v) is 9.63. The zero-order chi connectivity index (χ0) is 21.8. The van der Waals surface area contributed by atoms with E-state index in [9.17, 15) is 19.1 Å². The topological polar surface area (TPSA) is 76.1 Å². The molecule has 0 spiro atoms. The number of aliphatic hydroxyl groups is 1. The Balaban J connectivity index is 2.07. The summed E-state index contributed by atoms with van der Waals surface area (Å²) >= 11 is 0. The van der Waals surface area contributed by atoms with Crippen LogP contribution in [-0.4, -0.2) is 48.1 Å². The average molecular weight is 413 g/mol. The number of nitrogens with zero attached hydrogens (tertiary/aromatic N) is 1. The molecule has 1 atom stereocenters. The van der Waals surface area contributed by atoms with E-state index in [2.05, 4.69) is 0 Å². The fraction of sp³-hybridized carbons (Fsp3) is 0.304. The van der Waals surface area contributed by atoms with Gasteiger partial charge in [0.1, 0.15) is 17.3 Å². The van der Waals surface area contributed by atoms with Crippen LogP contribution in [0.15, 0.2) is 54.1 Å². The summed E-state index contributed by atoms with van der Waals surface area (Å²) in [6.07, 6.45) is -0.00553. The van der Waals surface area contributed by atoms with Gasteiger partial charge >= 0.3 is 0 Å². The van der Waals surface area contributed by atoms with E-state index in [1.54, 1.807) is 24.3 Å². The van der Waals surface area contributed by atoms with Crippen molar-refractivity contribution < 1.29 is 28.6 Å². The molecule has 30 heavy (non-hydrogen) atoms. The first kappa shape index (κ1) is 21.5. The van der Waals surface area contributed by atoms with E-state index >= 15 is 0 Å². The molecular weight excluding hydrogens is 389 g/mol. The smallest absolute Gasteiger partial charge is 0.295 e. The van der Waals surface area contributed by atoms with Gasteiger partial charge in [0.15, 0.2) is 0 Å². The molecule has 2 aromatic carbocycles. The van der Waals surface area contributed by atoms with Crippen LogP contribution < -0.4 is 4.74 Å². The third-order valence-electron chi connectivity index (χ3n) is 4.76. The molecule has 3 rings (SSSR count). The lowest BCUT2D eigenvalue weighted by Gasteiger charge is -2.25. The number of likely N-dealkylation sites (tertiary alicyclic amines) is 1. The molecule has 0 bridgehead atoms. The van der Waals surface area contributed by atoms with Gasteiger partial charge in [-0.3, -0.25) is 9.59 Å². The molecule has 158 valence electrons. The van der Waals surface area contributed by atoms with E-state index < -0.39 is 23.5 Å². The Hall–Kier alpha value is -3.19. The summed E-state index contributed by atoms with van der Waals surface area (Å²) in [4.78, 5) is 26.8. The van der Waals surface area contributed by atoms with Crippen LogP contribution in [0.3, 0.4) is 0 Å². The molecule has 2 aromatic rings. The molecule has 0 aromatic heterocycles. The number of benzene rings is 2. The molecule has 1 heterocycles. The molecule has 1 aliphatic heterocycles. The number of methoxy groups -OCH3 is 1. The van der Waals surface area contributed by atoms with Gasteiger partial charge in [-0.1, -0.05) is 12.1 Å². The van der Waals surface area contributed by atoms with Crippen molar-refractivity contribution in [2.75, 3.05) is 20.3 Å². The Morgan fingerprint density at radius 3 is 2.30 bits per heavy atom. The third-order valence-corrected chi connectivity index (χ3v) is 4.76. The third kappa shape index (κ3) is 4.36. The highest BCUT2D eigenvalue weighted by molar-refractivity contribution is 6.46. The summed E-state index contributed by atoms with van der Waals surface area (Å²) in [6, 6.07) is 11.3. The average Bonchev–Trinajstić information content (AvgIpc) is 2.97. The highest BCUT2D eigenvalue weighted by Gasteiger charge is 2.45. The van der Waals surface area contributed by atoms with Gasteiger partial charge in [-0.15, -0.1) is 0 Å². The van der Waals surface area contributed by atoms with Crippen LogP contribution in [0.1, 0.15) is 31.0 Å². The SMILES string of the molecule is COCCN1C(=O)C(=O)/C(=C(/O)c2ccc(OC(C)C)cc2)[C@@H]1c1ccc(F)cc1. The van der Waals surface area contributed by atoms with Gasteiger partial charge in [0.05, 0.1) is 24.3 Å². The van der Waals surface area contributed by atoms with Gasteiger partial charge in [0, 0.05) is 19.2 Å². The lowest BCUT2D eigenvalue weighted by molar-refractivity contribution is -0.140. The van der Waals surface area contributed by atoms with Crippen LogP contribution in [0, 0.1) is 5.82 Å². The van der Waals surface area contributed by atoms with Crippen molar-refractivity contribution in [1.29, 1.82) is 0 Å². The minimum absolute atomic E-state index is 0.00553. The molecule has 0 saturated carbocycles. The van der Waals surface area contributed by atoms with Crippen LogP contribution >= 0.6 is 0 Å². The van der Waals surface area contributed by atoms with Crippen molar-refractivity contribution in [3.05, 3.63) is 71.0 Å². The first-order valence-electron chi connectivity index (χ1n) is 9.63. The van der Waals surface area contributed by atoms with E-state index in [4.69, 9.17) is 9.47 Å². The maximum atomic E-state index is 13.4. The Bertz CT molecular complexity index is 951. The Labute approximate surface area is 174 Å². The van der Waals surface area contributed by atoms with E-state index in [0.717, 1.165) is 0 Å². The van der Waals surface area contributed by atoms with Crippen LogP contribution in [0.25, 0.3) is 5.76 Å². The van der Waals surface area contributed by atoms with Gasteiger partial charge in [0.25, 0.3) is 11.7 Å². The van der Waals surface area contributed by atoms with E-state index in [1.165, 1.54) is 36.3 Å². The highest BCUT2D eigenvalue weighted by atomic mass is 19.1. The molecule has 1 amide bonds. The second-order valence-electron chi connectivity index (χ2n) is 7.23. The van der Waals surface area contributed by atoms with Crippen molar-refractivity contribution in [2.24, 2.45) is 0 Å². The zero-order valence-corrected chi connectivity index (χ0v) is 17.1. The second kappa shape index (κ2) is 9.09. The predicted octanol–water partition coefficient (Wildman–Crippen LogP) is 3.68. The molecule has 0 radical (unpaired) electrons. The molecule has 1 aliphatic rings. The van der Waals surface area contributed by atoms with E-state index in [-0.39, 0.29) is 30.6 Å². The maximum absolute atomic E-state index is 13.4. The summed E-state index contributed by atoms with van der Waals surface area (Å²) in [7, 11) is 1.49. The van der Waals surface area contributed by atoms with Crippen LogP contribution in [0.5, 0.6) is 5.75 Å². The van der Waals surface area contributed by atoms with E-state index in [0.29, 0.717) is 16.9 Å². The van der Waals surface area contributed by atoms with Crippen LogP contribution in [-0.2, 0) is 14.3 Å². The molecule has 1 N–H and O–H groups in total. The number of rotatable bonds is 7. The number of ether oxygens (including phenoxy) is 2. The number of hydrogen-bond acceptors (Lipinski definition) is 5. The standard InChI is InChI=1S/C23H24FNO5/c1-14(2)30-18-10-6-16(7-11-18)21(26)19-20(15-4-8-17(24)9-5-15)25(12-13-29-3)23(28)22(19)27/h4-11,14,20,26H,12-13H2,1-3H3/b21-19+/t20-/m0/s1. The Kier molecular flexibility index (Phi) is 6.52. The number of ketones is 1. The molecule has 6 nitrogen and oxygen atoms in total. The number of hydrogen-bond donors (Lipinski definition) is 1. The molecule has 0 aliphatic carbocycles. The van der Waals surface area contributed by atoms with Crippen LogP contribution in [0.2, 0.25) is 0 Å². The highest BCUT2D eigenvalue weighted by Crippen LogP contribution is 2.39. The quantitative estimate of drug-likeness (QED) is 0.426. The number of carbonyl (C=O) groups is 2. The first-order chi connectivity index (χ1) is 14.3. The fourth-order valence-corrected chi connectivity index (χ4v) is 3.41. The summed E-state index contributed by atoms with van der Waals surface area (Å²) < 4.78 is 24.1. The van der Waals surface area contributed by atoms with E-state index in [1.807, 2.05) is 13.8 Å². The van der Waals surface area contributed by atoms with Crippen molar-refractivity contribution in [2.45, 2.75) is 26.0 Å². The summed E-state index contributed by atoms with van der Waals surface area (Å²) in [5, 5.41) is 10.9. The number of amides is 1. The minimum atomic E-state index is -0.840. The number of halogens is 1. The Morgan fingerprint density at radius 1 is 1.10 bits per heavy atom. The second-order valence-corrected chi connectivity index (χ2v) is 7.23. The normalized spacial score (nSPS) is 18.3. The summed E-state index contributed by atoms with van der Waals surface area (Å²) in [6.45, 7) is 4.17. The molecular formula is C23H24FNO5. The van der Waals surface area contributed by atoms with Crippen molar-refractivity contribution >= 4 is 17.4 Å². The maximum Gasteiger partial charge on any atom is 0.295 e. The van der Waals surface area contributed by atoms with Crippen LogP contribution in [0.4, 0.5) is 4.39 Å². The summed E-state index contributed by atoms with van der Waals surface area (Å²) in [5.41, 5.74) is 0.858. The number of Topliss-reactive ketones (excluding diaryl/α,β-unsaturated/α-hetero) is 1. The molecule has 1 saturated heterocycles. The molecule has 0 unspecified atom stereocenters. The zero-order valence-electron chi connectivity index (χ0n) is 17.1. The van der Waals surface area contributed by atoms with Gasteiger partial charge in [-0.05, 0) is 55.8 Å². The van der Waals surface area contributed by atoms with Crippen molar-refractivity contribution in [1.82, 2.24) is 4.90 Å². The van der Waals surface area contributed by atoms with Gasteiger partial charge in [-0.2, -0.15) is 0 Å². The lowest BCUT2D eigenvalue weighted by atomic mass is 9.95. The predicted molar refractivity (Wildman–Crippen MR) is 109 cm³/mol. The number of carbonyl (C=O) groups excluding carboxylic acids is 2. The Morgan fingerprint density at radius 2 is 1.73 bits per heavy atom. The largest absolute Gasteiger partial charge is 0.507 e. The lowest BCUT2D eigenvalue weighted by Crippen LogP contribution is -2.32. The van der Waals surface area contributed by atoms with Gasteiger partial charge in [-0.25, -0.2) is 4.39 Å². The number of aliphatic hydroxyl groups excluding tert-OH is 1. The van der Waals surface area contributed by atoms with Gasteiger partial charge in [0.2, 0.25) is 0 Å². The molecule has 1 fully saturated rings. The van der Waals surface area contributed by atoms with Crippen molar-refractivity contribution in [3.8, 4) is 5.75 Å². The summed E-state index contributed by atoms with van der Waals surface area (Å²) in [5.74, 6) is -1.63. The molecule has 7 heteroatoms. The fourth-order valence-electron chi connectivity index (χ4n) is 3.41. The minimum Gasteiger partial charge on any atom is -0.507 e. The van der Waals surface area contributed by atoms with Gasteiger partial charge < -0.3 is 19.5 Å².